The Bertz CT molecular complexity index is 1180. The predicted molar refractivity (Wildman–Crippen MR) is 123 cm³/mol. The molecule has 0 amide bonds. The second kappa shape index (κ2) is 7.96. The van der Waals surface area contributed by atoms with Gasteiger partial charge in [-0.15, -0.1) is 10.2 Å². The number of benzene rings is 2. The third kappa shape index (κ3) is 3.67. The van der Waals surface area contributed by atoms with E-state index < -0.39 is 0 Å². The molecule has 0 saturated heterocycles. The number of anilines is 1. The first-order chi connectivity index (χ1) is 14.7. The van der Waals surface area contributed by atoms with Crippen LogP contribution in [0.1, 0.15) is 26.3 Å². The molecule has 7 heteroatoms. The van der Waals surface area contributed by atoms with E-state index in [2.05, 4.69) is 41.1 Å². The number of carbonyl (C=O) groups is 1. The molecule has 160 valence electrons. The number of likely N-dealkylation sites (N-methyl/N-ethyl adjacent to an activating group) is 1. The van der Waals surface area contributed by atoms with Gasteiger partial charge < -0.3 is 9.47 Å². The van der Waals surface area contributed by atoms with E-state index in [1.807, 2.05) is 26.1 Å². The topological polar surface area (TPSA) is 51.0 Å². The molecule has 3 aromatic rings. The summed E-state index contributed by atoms with van der Waals surface area (Å²) in [4.78, 5) is 15.2. The summed E-state index contributed by atoms with van der Waals surface area (Å²) in [6.07, 6.45) is 1.74. The number of nitrogens with zero attached hydrogens (tertiary/aromatic N) is 4. The van der Waals surface area contributed by atoms with Crippen molar-refractivity contribution < 1.29 is 9.18 Å². The quantitative estimate of drug-likeness (QED) is 0.417. The van der Waals surface area contributed by atoms with E-state index in [1.54, 1.807) is 35.9 Å². The van der Waals surface area contributed by atoms with Gasteiger partial charge >= 0.3 is 0 Å². The van der Waals surface area contributed by atoms with Crippen LogP contribution in [0.15, 0.2) is 65.5 Å². The van der Waals surface area contributed by atoms with Crippen molar-refractivity contribution in [1.29, 1.82) is 0 Å². The van der Waals surface area contributed by atoms with Gasteiger partial charge in [0.25, 0.3) is 0 Å². The maximum absolute atomic E-state index is 14.2. The zero-order valence-electron chi connectivity index (χ0n) is 18.3. The molecule has 2 heterocycles. The summed E-state index contributed by atoms with van der Waals surface area (Å²) in [5.74, 6) is 0.0864. The van der Waals surface area contributed by atoms with Gasteiger partial charge in [-0.1, -0.05) is 55.9 Å². The number of thioether (sulfide) groups is 1. The number of rotatable bonds is 5. The average molecular weight is 437 g/mol. The first-order valence-corrected chi connectivity index (χ1v) is 11.0. The Labute approximate surface area is 186 Å². The summed E-state index contributed by atoms with van der Waals surface area (Å²) in [5, 5.41) is 8.54. The molecule has 4 rings (SSSR count). The van der Waals surface area contributed by atoms with Crippen LogP contribution in [-0.4, -0.2) is 32.8 Å². The second-order valence-corrected chi connectivity index (χ2v) is 9.55. The van der Waals surface area contributed by atoms with Gasteiger partial charge in [0.05, 0.1) is 10.8 Å². The highest BCUT2D eigenvalue weighted by molar-refractivity contribution is 8.00. The highest BCUT2D eigenvalue weighted by Crippen LogP contribution is 2.46. The number of ketones is 1. The fraction of sp³-hybridized carbons (Fsp3) is 0.292. The molecule has 1 aromatic heterocycles. The van der Waals surface area contributed by atoms with Crippen LogP contribution >= 0.6 is 11.8 Å². The molecule has 0 spiro atoms. The van der Waals surface area contributed by atoms with Crippen molar-refractivity contribution in [3.05, 3.63) is 71.7 Å². The molecular formula is C24H25FN4OS. The van der Waals surface area contributed by atoms with Crippen LogP contribution < -0.4 is 4.90 Å². The van der Waals surface area contributed by atoms with Crippen LogP contribution in [0.4, 0.5) is 10.1 Å². The van der Waals surface area contributed by atoms with Gasteiger partial charge in [0.2, 0.25) is 0 Å². The van der Waals surface area contributed by atoms with Gasteiger partial charge in [-0.3, -0.25) is 4.79 Å². The number of hydrogen-bond donors (Lipinski definition) is 0. The van der Waals surface area contributed by atoms with E-state index in [1.165, 1.54) is 23.4 Å². The van der Waals surface area contributed by atoms with Crippen molar-refractivity contribution in [3.8, 4) is 11.4 Å². The Hall–Kier alpha value is -2.93. The highest BCUT2D eigenvalue weighted by Gasteiger charge is 2.38. The summed E-state index contributed by atoms with van der Waals surface area (Å²) in [7, 11) is 3.78. The van der Waals surface area contributed by atoms with Crippen molar-refractivity contribution in [2.45, 2.75) is 36.6 Å². The van der Waals surface area contributed by atoms with Crippen molar-refractivity contribution in [2.75, 3.05) is 11.9 Å². The third-order valence-corrected chi connectivity index (χ3v) is 7.00. The molecule has 2 aromatic carbocycles. The molecule has 1 aliphatic rings. The number of carbonyl (C=O) groups excluding carboxylic acids is 1. The lowest BCUT2D eigenvalue weighted by Gasteiger charge is -2.24. The monoisotopic (exact) mass is 436 g/mol. The van der Waals surface area contributed by atoms with Crippen LogP contribution in [0, 0.1) is 5.82 Å². The normalized spacial score (nSPS) is 17.1. The lowest BCUT2D eigenvalue weighted by atomic mass is 9.83. The number of fused-ring (bicyclic) bond motifs is 1. The van der Waals surface area contributed by atoms with Crippen LogP contribution in [0.5, 0.6) is 0 Å². The van der Waals surface area contributed by atoms with Crippen LogP contribution in [0.3, 0.4) is 0 Å². The molecule has 0 radical (unpaired) electrons. The fourth-order valence-electron chi connectivity index (χ4n) is 4.02. The molecule has 1 atom stereocenters. The molecule has 0 bridgehead atoms. The van der Waals surface area contributed by atoms with Crippen LogP contribution in [-0.2, 0) is 17.3 Å². The summed E-state index contributed by atoms with van der Waals surface area (Å²) in [5.41, 5.74) is 3.43. The summed E-state index contributed by atoms with van der Waals surface area (Å²) >= 11 is 1.32. The molecule has 5 nitrogen and oxygen atoms in total. The van der Waals surface area contributed by atoms with Crippen molar-refractivity contribution >= 4 is 23.2 Å². The molecule has 1 aliphatic heterocycles. The Balaban J connectivity index is 1.56. The lowest BCUT2D eigenvalue weighted by molar-refractivity contribution is -0.114. The van der Waals surface area contributed by atoms with E-state index in [9.17, 15) is 9.18 Å². The molecule has 0 saturated carbocycles. The summed E-state index contributed by atoms with van der Waals surface area (Å²) < 4.78 is 15.9. The van der Waals surface area contributed by atoms with Gasteiger partial charge in [0.15, 0.2) is 16.8 Å². The molecule has 1 unspecified atom stereocenters. The van der Waals surface area contributed by atoms with Crippen LogP contribution in [0.25, 0.3) is 11.4 Å². The van der Waals surface area contributed by atoms with Crippen molar-refractivity contribution in [2.24, 2.45) is 7.05 Å². The molecule has 0 fully saturated rings. The van der Waals surface area contributed by atoms with Gasteiger partial charge in [-0.2, -0.15) is 0 Å². The Morgan fingerprint density at radius 1 is 1.10 bits per heavy atom. The Morgan fingerprint density at radius 3 is 2.48 bits per heavy atom. The number of hydrogen-bond acceptors (Lipinski definition) is 5. The molecule has 0 N–H and O–H groups in total. The van der Waals surface area contributed by atoms with Crippen molar-refractivity contribution in [3.63, 3.8) is 0 Å². The van der Waals surface area contributed by atoms with E-state index >= 15 is 0 Å². The Morgan fingerprint density at radius 2 is 1.77 bits per heavy atom. The van der Waals surface area contributed by atoms with Gasteiger partial charge in [0, 0.05) is 37.0 Å². The Kier molecular flexibility index (Phi) is 5.47. The van der Waals surface area contributed by atoms with E-state index in [-0.39, 0.29) is 22.3 Å². The lowest BCUT2D eigenvalue weighted by Crippen LogP contribution is -2.25. The van der Waals surface area contributed by atoms with Crippen molar-refractivity contribution in [1.82, 2.24) is 14.8 Å². The van der Waals surface area contributed by atoms with Gasteiger partial charge in [-0.25, -0.2) is 4.39 Å². The predicted octanol–water partition coefficient (Wildman–Crippen LogP) is 4.98. The van der Waals surface area contributed by atoms with Gasteiger partial charge in [0.1, 0.15) is 5.82 Å². The average Bonchev–Trinajstić information content (AvgIpc) is 3.19. The smallest absolute Gasteiger partial charge is 0.191 e. The second-order valence-electron chi connectivity index (χ2n) is 8.24. The molecule has 0 aliphatic carbocycles. The first kappa shape index (κ1) is 21.3. The summed E-state index contributed by atoms with van der Waals surface area (Å²) in [6.45, 7) is 6.13. The number of aromatic nitrogens is 3. The third-order valence-electron chi connectivity index (χ3n) is 5.85. The first-order valence-electron chi connectivity index (χ1n) is 10.1. The van der Waals surface area contributed by atoms with E-state index in [0.717, 1.165) is 11.4 Å². The van der Waals surface area contributed by atoms with E-state index in [0.29, 0.717) is 16.5 Å². The highest BCUT2D eigenvalue weighted by atomic mass is 32.2. The SMILES string of the molecule is CC(Sc1nnc(-c2ccccc2F)n1C)C(=O)/C=C1/N(C)c2ccccc2C1(C)C. The number of allylic oxidation sites excluding steroid dienone is 2. The number of para-hydroxylation sites is 1. The molecule has 31 heavy (non-hydrogen) atoms. The largest absolute Gasteiger partial charge is 0.347 e. The zero-order valence-corrected chi connectivity index (χ0v) is 19.1. The summed E-state index contributed by atoms with van der Waals surface area (Å²) in [6, 6.07) is 14.7. The fourth-order valence-corrected chi connectivity index (χ4v) is 4.85. The standard InChI is InChI=1S/C24H25FN4OS/c1-15(31-23-27-26-22(29(23)5)16-10-6-8-12-18(16)25)20(30)14-21-24(2,3)17-11-7-9-13-19(17)28(21)4/h6-15H,1-5H3/b21-14+. The minimum atomic E-state index is -0.364. The van der Waals surface area contributed by atoms with Gasteiger partial charge in [-0.05, 0) is 30.7 Å². The minimum absolute atomic E-state index is 0.00294. The maximum atomic E-state index is 14.2. The van der Waals surface area contributed by atoms with E-state index in [4.69, 9.17) is 0 Å². The minimum Gasteiger partial charge on any atom is -0.347 e. The van der Waals surface area contributed by atoms with Crippen LogP contribution in [0.2, 0.25) is 0 Å². The maximum Gasteiger partial charge on any atom is 0.191 e. The zero-order chi connectivity index (χ0) is 22.3. The molecular weight excluding hydrogens is 411 g/mol. The number of halogens is 1.